The molecule has 4 atom stereocenters. The number of hydrogen-bond acceptors (Lipinski definition) is 12. The van der Waals surface area contributed by atoms with Crippen molar-refractivity contribution in [3.63, 3.8) is 0 Å². The molecule has 0 spiro atoms. The molecule has 2 aromatic heterocycles. The minimum atomic E-state index is -1.67. The van der Waals surface area contributed by atoms with E-state index in [0.29, 0.717) is 33.7 Å². The molecule has 0 radical (unpaired) electrons. The molecule has 0 unspecified atom stereocenters. The summed E-state index contributed by atoms with van der Waals surface area (Å²) in [5, 5.41) is 9.64. The molecule has 1 aliphatic heterocycles. The minimum absolute atomic E-state index is 0. The van der Waals surface area contributed by atoms with Crippen LogP contribution in [0.2, 0.25) is 10.0 Å². The zero-order valence-electron chi connectivity index (χ0n) is 48.5. The summed E-state index contributed by atoms with van der Waals surface area (Å²) >= 11 is 12.5. The van der Waals surface area contributed by atoms with E-state index in [4.69, 9.17) is 55.0 Å². The Morgan fingerprint density at radius 3 is 1.71 bits per heavy atom. The van der Waals surface area contributed by atoms with E-state index in [9.17, 15) is 27.6 Å². The fourth-order valence-corrected chi connectivity index (χ4v) is 9.60. The average molecular weight is 1230 g/mol. The van der Waals surface area contributed by atoms with Gasteiger partial charge in [0.25, 0.3) is 5.91 Å². The summed E-state index contributed by atoms with van der Waals surface area (Å²) in [6.45, 7) is 18.2. The predicted molar refractivity (Wildman–Crippen MR) is 323 cm³/mol. The number of carbonyl (C=O) groups excluding carboxylic acids is 3. The summed E-state index contributed by atoms with van der Waals surface area (Å²) in [5.41, 5.74) is 18.4. The number of aryl methyl sites for hydroxylation is 2. The van der Waals surface area contributed by atoms with E-state index in [0.717, 1.165) is 5.56 Å². The Morgan fingerprint density at radius 2 is 1.25 bits per heavy atom. The van der Waals surface area contributed by atoms with Crippen LogP contribution in [0.1, 0.15) is 114 Å². The van der Waals surface area contributed by atoms with Crippen LogP contribution in [0.4, 0.5) is 22.4 Å². The summed E-state index contributed by atoms with van der Waals surface area (Å²) in [5.74, 6) is -3.43. The molecule has 6 aromatic rings. The molecule has 22 heteroatoms. The number of nitrogens with zero attached hydrogens (tertiary/aromatic N) is 5. The highest BCUT2D eigenvalue weighted by atomic mass is 35.5. The van der Waals surface area contributed by atoms with Crippen LogP contribution in [0.3, 0.4) is 0 Å². The highest BCUT2D eigenvalue weighted by molar-refractivity contribution is 6.33. The van der Waals surface area contributed by atoms with Crippen LogP contribution in [0.15, 0.2) is 114 Å². The molecule has 7 N–H and O–H groups in total. The topological polar surface area (TPSA) is 213 Å². The lowest BCUT2D eigenvalue weighted by atomic mass is 9.75. The smallest absolute Gasteiger partial charge is 0.409 e. The molecular weight excluding hydrogens is 1160 g/mol. The fourth-order valence-electron chi connectivity index (χ4n) is 9.18. The summed E-state index contributed by atoms with van der Waals surface area (Å²) in [6, 6.07) is 23.1. The number of aliphatic imine (C=N–C) groups is 1. The first-order chi connectivity index (χ1) is 37.7. The second-order valence-electron chi connectivity index (χ2n) is 22.8. The van der Waals surface area contributed by atoms with Gasteiger partial charge in [-0.15, -0.1) is 24.8 Å². The lowest BCUT2D eigenvalue weighted by Crippen LogP contribution is -2.49. The molecule has 4 aromatic carbocycles. The van der Waals surface area contributed by atoms with Gasteiger partial charge in [-0.1, -0.05) is 101 Å². The van der Waals surface area contributed by atoms with E-state index >= 15 is 4.39 Å². The van der Waals surface area contributed by atoms with Gasteiger partial charge in [0.1, 0.15) is 46.8 Å². The summed E-state index contributed by atoms with van der Waals surface area (Å²) < 4.78 is 69.1. The van der Waals surface area contributed by atoms with Crippen LogP contribution in [0.25, 0.3) is 22.5 Å². The van der Waals surface area contributed by atoms with Crippen LogP contribution < -0.4 is 17.2 Å². The summed E-state index contributed by atoms with van der Waals surface area (Å²) in [7, 11) is 3.04. The van der Waals surface area contributed by atoms with Crippen molar-refractivity contribution in [1.29, 1.82) is 0 Å². The van der Waals surface area contributed by atoms with E-state index in [1.165, 1.54) is 78.8 Å². The third kappa shape index (κ3) is 17.8. The van der Waals surface area contributed by atoms with Crippen molar-refractivity contribution in [2.45, 2.75) is 111 Å². The predicted octanol–water partition coefficient (Wildman–Crippen LogP) is 13.3. The van der Waals surface area contributed by atoms with Crippen molar-refractivity contribution in [2.24, 2.45) is 33.0 Å². The number of carbonyl (C=O) groups is 3. The second kappa shape index (κ2) is 29.4. The van der Waals surface area contributed by atoms with Gasteiger partial charge in [0.05, 0.1) is 34.8 Å². The fraction of sp³-hybridized carbons (Fsp3) is 0.377. The number of halogens is 8. The largest absolute Gasteiger partial charge is 0.461 e. The molecule has 0 aliphatic carbocycles. The number of guanidine groups is 1. The lowest BCUT2D eigenvalue weighted by molar-refractivity contribution is -0.156. The molecular formula is C61H74Cl4F4N8O6. The number of nitrogens with two attached hydrogens (primary N) is 3. The van der Waals surface area contributed by atoms with Gasteiger partial charge < -0.3 is 36.7 Å². The van der Waals surface area contributed by atoms with Crippen molar-refractivity contribution in [3.8, 4) is 22.5 Å². The Bertz CT molecular complexity index is 3270. The lowest BCUT2D eigenvalue weighted by Gasteiger charge is -2.35. The average Bonchev–Trinajstić information content (AvgIpc) is 3.93. The van der Waals surface area contributed by atoms with Crippen LogP contribution >= 0.6 is 48.0 Å². The van der Waals surface area contributed by atoms with Crippen LogP contribution in [0, 0.1) is 47.9 Å². The number of hydrogen-bond donors (Lipinski definition) is 4. The number of aliphatic hydroxyl groups is 1. The second-order valence-corrected chi connectivity index (χ2v) is 23.6. The van der Waals surface area contributed by atoms with Gasteiger partial charge in [-0.25, -0.2) is 32.1 Å². The van der Waals surface area contributed by atoms with Crippen molar-refractivity contribution in [2.75, 3.05) is 27.3 Å². The van der Waals surface area contributed by atoms with Crippen LogP contribution in [-0.4, -0.2) is 82.2 Å². The Balaban J connectivity index is 0.000000367. The van der Waals surface area contributed by atoms with Gasteiger partial charge in [0.2, 0.25) is 0 Å². The third-order valence-corrected chi connectivity index (χ3v) is 13.3. The number of aliphatic hydroxyl groups excluding tert-OH is 1. The number of aromatic nitrogens is 2. The normalized spacial score (nSPS) is 15.4. The first-order valence-electron chi connectivity index (χ1n) is 26.0. The van der Waals surface area contributed by atoms with Crippen molar-refractivity contribution < 1.29 is 46.5 Å². The van der Waals surface area contributed by atoms with E-state index in [1.807, 2.05) is 41.5 Å². The molecule has 14 nitrogen and oxygen atoms in total. The van der Waals surface area contributed by atoms with Crippen molar-refractivity contribution >= 4 is 71.9 Å². The molecule has 2 amide bonds. The van der Waals surface area contributed by atoms with Crippen LogP contribution in [0.5, 0.6) is 0 Å². The minimum Gasteiger partial charge on any atom is -0.461 e. The monoisotopic (exact) mass is 1230 g/mol. The quantitative estimate of drug-likeness (QED) is 0.0595. The molecule has 3 heterocycles. The summed E-state index contributed by atoms with van der Waals surface area (Å²) in [6.07, 6.45) is 2.42. The van der Waals surface area contributed by atoms with Crippen molar-refractivity contribution in [3.05, 3.63) is 176 Å². The molecule has 0 saturated heterocycles. The Morgan fingerprint density at radius 1 is 0.747 bits per heavy atom. The molecule has 0 bridgehead atoms. The first-order valence-corrected chi connectivity index (χ1v) is 26.7. The SMILES string of the molecule is Cc1ccc([C@@]2(CC(C)(C)C)N=C(N)N([C@H](COC(=O)N(C)C)c3ccc(Cl)c(-c4ncccc4F)c3)C2=O)c(F)c1.Cc1ccc([C@](N)(CC(C)(C)C)C(=O)OC(C)C)c(F)c1.Cl.Cl.N[C@H](CO)c1ccc(Cl)c(-c2ncccc2F)c1. The van der Waals surface area contributed by atoms with Crippen molar-refractivity contribution in [1.82, 2.24) is 19.8 Å². The zero-order valence-corrected chi connectivity index (χ0v) is 51.6. The Labute approximate surface area is 506 Å². The van der Waals surface area contributed by atoms with Gasteiger partial charge in [0.15, 0.2) is 11.5 Å². The van der Waals surface area contributed by atoms with Gasteiger partial charge in [-0.3, -0.25) is 19.7 Å². The highest BCUT2D eigenvalue weighted by Gasteiger charge is 2.54. The number of pyridine rings is 2. The zero-order chi connectivity index (χ0) is 60.5. The Kier molecular flexibility index (Phi) is 25.1. The molecule has 0 saturated carbocycles. The molecule has 0 fully saturated rings. The molecule has 83 heavy (non-hydrogen) atoms. The molecule has 1 aliphatic rings. The van der Waals surface area contributed by atoms with Gasteiger partial charge >= 0.3 is 12.1 Å². The van der Waals surface area contributed by atoms with E-state index in [2.05, 4.69) is 15.0 Å². The standard InChI is InChI=1S/C31H34ClF2N5O3.C17H26FNO2.C13H12ClFN2O.2ClH/c1-18-9-11-21(24(34)14-18)31(17-30(2,3)4)27(40)39(28(35)37-31)25(16-42-29(41)38(5)6)19-10-12-22(32)20(15-19)26-23(33)8-7-13-36-26;1-11(2)21-15(20)17(19,10-16(4,5)6)13-8-7-12(3)9-14(13)18;14-10-4-3-8(12(16)7-18)6-9(10)13-11(15)2-1-5-17-13;;/h7-15,25H,16-17H2,1-6H3,(H2,35,37);7-9,11H,10,19H2,1-6H3;1-6,12,18H,7,16H2;2*1H/t25-,31-;17-;12-;;/m111../s1. The summed E-state index contributed by atoms with van der Waals surface area (Å²) in [4.78, 5) is 54.7. The molecule has 7 rings (SSSR count). The van der Waals surface area contributed by atoms with E-state index in [1.54, 1.807) is 82.3 Å². The highest BCUT2D eigenvalue weighted by Crippen LogP contribution is 2.46. The van der Waals surface area contributed by atoms with Gasteiger partial charge in [0, 0.05) is 48.7 Å². The third-order valence-electron chi connectivity index (χ3n) is 12.7. The maximum atomic E-state index is 15.5. The number of esters is 1. The maximum absolute atomic E-state index is 15.5. The maximum Gasteiger partial charge on any atom is 0.409 e. The number of benzene rings is 4. The van der Waals surface area contributed by atoms with E-state index < -0.39 is 69.8 Å². The number of ether oxygens (including phenoxy) is 2. The first kappa shape index (κ1) is 70.9. The van der Waals surface area contributed by atoms with Crippen LogP contribution in [-0.2, 0) is 30.1 Å². The number of amides is 2. The Hall–Kier alpha value is -6.38. The number of rotatable bonds is 14. The van der Waals surface area contributed by atoms with Gasteiger partial charge in [-0.05, 0) is 134 Å². The van der Waals surface area contributed by atoms with Gasteiger partial charge in [-0.2, -0.15) is 0 Å². The van der Waals surface area contributed by atoms with E-state index in [-0.39, 0.29) is 95.0 Å². The molecule has 450 valence electrons.